The van der Waals surface area contributed by atoms with Gasteiger partial charge in [-0.2, -0.15) is 0 Å². The van der Waals surface area contributed by atoms with Crippen molar-refractivity contribution in [1.29, 1.82) is 0 Å². The fourth-order valence-corrected chi connectivity index (χ4v) is 1.95. The van der Waals surface area contributed by atoms with Crippen LogP contribution in [-0.4, -0.2) is 12.2 Å². The maximum atomic E-state index is 11.8. The fraction of sp³-hybridized carbons (Fsp3) is 0.188. The number of anilines is 1. The summed E-state index contributed by atoms with van der Waals surface area (Å²) in [5, 5.41) is 4.86. The molecule has 1 amide bonds. The van der Waals surface area contributed by atoms with E-state index in [1.54, 1.807) is 0 Å². The number of benzene rings is 2. The highest BCUT2D eigenvalue weighted by molar-refractivity contribution is 6.00. The Bertz CT molecular complexity index is 599. The van der Waals surface area contributed by atoms with Crippen molar-refractivity contribution >= 4 is 22.6 Å². The number of carbonyl (C=O) groups excluding carboxylic acids is 1. The van der Waals surface area contributed by atoms with Crippen molar-refractivity contribution in [2.45, 2.75) is 20.0 Å². The van der Waals surface area contributed by atoms with Gasteiger partial charge in [0.2, 0.25) is 0 Å². The van der Waals surface area contributed by atoms with Gasteiger partial charge in [-0.25, -0.2) is 4.79 Å². The summed E-state index contributed by atoms with van der Waals surface area (Å²) in [6.07, 6.45) is 3.00. The minimum atomic E-state index is -0.443. The number of amides is 1. The molecule has 2 aromatic carbocycles. The van der Waals surface area contributed by atoms with E-state index >= 15 is 0 Å². The van der Waals surface area contributed by atoms with E-state index in [2.05, 4.69) is 5.32 Å². The van der Waals surface area contributed by atoms with E-state index in [9.17, 15) is 4.79 Å². The smallest absolute Gasteiger partial charge is 0.412 e. The first-order valence-corrected chi connectivity index (χ1v) is 6.29. The van der Waals surface area contributed by atoms with Crippen LogP contribution in [0.4, 0.5) is 10.5 Å². The summed E-state index contributed by atoms with van der Waals surface area (Å²) in [6, 6.07) is 13.7. The molecule has 0 aliphatic rings. The number of fused-ring (bicyclic) bond motifs is 1. The molecule has 0 fully saturated rings. The Labute approximate surface area is 112 Å². The van der Waals surface area contributed by atoms with E-state index in [0.717, 1.165) is 16.5 Å². The zero-order valence-electron chi connectivity index (χ0n) is 11.1. The number of ether oxygens (including phenoxy) is 1. The van der Waals surface area contributed by atoms with Crippen molar-refractivity contribution in [3.05, 3.63) is 54.6 Å². The van der Waals surface area contributed by atoms with Gasteiger partial charge in [0.1, 0.15) is 6.10 Å². The van der Waals surface area contributed by atoms with E-state index in [-0.39, 0.29) is 6.10 Å². The Morgan fingerprint density at radius 1 is 1.21 bits per heavy atom. The van der Waals surface area contributed by atoms with Gasteiger partial charge in [0.15, 0.2) is 0 Å². The second kappa shape index (κ2) is 6.05. The van der Waals surface area contributed by atoms with Gasteiger partial charge in [-0.3, -0.25) is 5.32 Å². The summed E-state index contributed by atoms with van der Waals surface area (Å²) < 4.78 is 5.21. The second-order valence-corrected chi connectivity index (χ2v) is 4.29. The van der Waals surface area contributed by atoms with Crippen LogP contribution in [0, 0.1) is 0 Å². The largest absolute Gasteiger partial charge is 0.442 e. The molecular weight excluding hydrogens is 238 g/mol. The van der Waals surface area contributed by atoms with Crippen molar-refractivity contribution in [2.75, 3.05) is 5.32 Å². The molecule has 3 nitrogen and oxygen atoms in total. The summed E-state index contributed by atoms with van der Waals surface area (Å²) >= 11 is 0. The average molecular weight is 255 g/mol. The molecule has 0 spiro atoms. The molecule has 0 heterocycles. The lowest BCUT2D eigenvalue weighted by Gasteiger charge is -2.12. The molecule has 1 atom stereocenters. The third-order valence-electron chi connectivity index (χ3n) is 2.78. The summed E-state index contributed by atoms with van der Waals surface area (Å²) in [6.45, 7) is 3.71. The van der Waals surface area contributed by atoms with Gasteiger partial charge < -0.3 is 4.74 Å². The van der Waals surface area contributed by atoms with Crippen LogP contribution in [0.25, 0.3) is 10.8 Å². The maximum Gasteiger partial charge on any atom is 0.412 e. The first-order chi connectivity index (χ1) is 9.20. The molecule has 0 aliphatic heterocycles. The zero-order chi connectivity index (χ0) is 13.7. The molecular formula is C16H17NO2. The monoisotopic (exact) mass is 255 g/mol. The predicted octanol–water partition coefficient (Wildman–Crippen LogP) is 4.35. The SMILES string of the molecule is C/C=C/[C@H](C)OC(=O)Nc1cccc2ccccc12. The van der Waals surface area contributed by atoms with Crippen molar-refractivity contribution in [3.8, 4) is 0 Å². The van der Waals surface area contributed by atoms with Crippen LogP contribution >= 0.6 is 0 Å². The molecule has 98 valence electrons. The average Bonchev–Trinajstić information content (AvgIpc) is 2.39. The molecule has 19 heavy (non-hydrogen) atoms. The number of hydrogen-bond donors (Lipinski definition) is 1. The second-order valence-electron chi connectivity index (χ2n) is 4.29. The number of rotatable bonds is 3. The fourth-order valence-electron chi connectivity index (χ4n) is 1.95. The van der Waals surface area contributed by atoms with Gasteiger partial charge in [0.25, 0.3) is 0 Å². The maximum absolute atomic E-state index is 11.8. The van der Waals surface area contributed by atoms with Crippen LogP contribution in [0.5, 0.6) is 0 Å². The highest BCUT2D eigenvalue weighted by Gasteiger charge is 2.08. The predicted molar refractivity (Wildman–Crippen MR) is 78.3 cm³/mol. The third-order valence-corrected chi connectivity index (χ3v) is 2.78. The highest BCUT2D eigenvalue weighted by Crippen LogP contribution is 2.23. The number of nitrogens with one attached hydrogen (secondary N) is 1. The van der Waals surface area contributed by atoms with E-state index in [4.69, 9.17) is 4.74 Å². The number of hydrogen-bond acceptors (Lipinski definition) is 2. The van der Waals surface area contributed by atoms with Crippen LogP contribution in [0.3, 0.4) is 0 Å². The molecule has 0 aliphatic carbocycles. The van der Waals surface area contributed by atoms with Crippen molar-refractivity contribution in [1.82, 2.24) is 0 Å². The van der Waals surface area contributed by atoms with Crippen LogP contribution in [-0.2, 0) is 4.74 Å². The molecule has 0 radical (unpaired) electrons. The van der Waals surface area contributed by atoms with Gasteiger partial charge >= 0.3 is 6.09 Å². The Balaban J connectivity index is 2.15. The van der Waals surface area contributed by atoms with E-state index in [1.165, 1.54) is 0 Å². The Morgan fingerprint density at radius 3 is 2.74 bits per heavy atom. The van der Waals surface area contributed by atoms with Gasteiger partial charge in [0, 0.05) is 5.39 Å². The van der Waals surface area contributed by atoms with Crippen LogP contribution in [0.15, 0.2) is 54.6 Å². The molecule has 1 N–H and O–H groups in total. The van der Waals surface area contributed by atoms with Crippen LogP contribution in [0.1, 0.15) is 13.8 Å². The van der Waals surface area contributed by atoms with Gasteiger partial charge in [-0.05, 0) is 31.4 Å². The standard InChI is InChI=1S/C16H17NO2/c1-3-7-12(2)19-16(18)17-15-11-6-9-13-8-4-5-10-14(13)15/h3-12H,1-2H3,(H,17,18)/b7-3+/t12-/m0/s1. The van der Waals surface area contributed by atoms with Gasteiger partial charge in [-0.1, -0.05) is 42.5 Å². The Hall–Kier alpha value is -2.29. The quantitative estimate of drug-likeness (QED) is 0.828. The van der Waals surface area contributed by atoms with Gasteiger partial charge in [-0.15, -0.1) is 0 Å². The zero-order valence-corrected chi connectivity index (χ0v) is 11.1. The van der Waals surface area contributed by atoms with Crippen molar-refractivity contribution in [3.63, 3.8) is 0 Å². The minimum absolute atomic E-state index is 0.236. The van der Waals surface area contributed by atoms with Crippen LogP contribution in [0.2, 0.25) is 0 Å². The molecule has 0 bridgehead atoms. The van der Waals surface area contributed by atoms with Crippen molar-refractivity contribution < 1.29 is 9.53 Å². The van der Waals surface area contributed by atoms with E-state index in [0.29, 0.717) is 0 Å². The molecule has 0 unspecified atom stereocenters. The van der Waals surface area contributed by atoms with Crippen molar-refractivity contribution in [2.24, 2.45) is 0 Å². The molecule has 2 rings (SSSR count). The summed E-state index contributed by atoms with van der Waals surface area (Å²) in [4.78, 5) is 11.8. The Morgan fingerprint density at radius 2 is 1.95 bits per heavy atom. The summed E-state index contributed by atoms with van der Waals surface area (Å²) in [5.41, 5.74) is 0.760. The molecule has 0 saturated carbocycles. The van der Waals surface area contributed by atoms with Crippen LogP contribution < -0.4 is 5.32 Å². The number of carbonyl (C=O) groups is 1. The first kappa shape index (κ1) is 13.1. The normalized spacial score (nSPS) is 12.5. The minimum Gasteiger partial charge on any atom is -0.442 e. The van der Waals surface area contributed by atoms with E-state index < -0.39 is 6.09 Å². The summed E-state index contributed by atoms with van der Waals surface area (Å²) in [5.74, 6) is 0. The topological polar surface area (TPSA) is 38.3 Å². The highest BCUT2D eigenvalue weighted by atomic mass is 16.6. The Kier molecular flexibility index (Phi) is 4.18. The lowest BCUT2D eigenvalue weighted by Crippen LogP contribution is -2.18. The van der Waals surface area contributed by atoms with Gasteiger partial charge in [0.05, 0.1) is 5.69 Å². The molecule has 0 aromatic heterocycles. The third kappa shape index (κ3) is 3.35. The first-order valence-electron chi connectivity index (χ1n) is 6.29. The molecule has 0 saturated heterocycles. The lowest BCUT2D eigenvalue weighted by atomic mass is 10.1. The number of allylic oxidation sites excluding steroid dienone is 1. The van der Waals surface area contributed by atoms with E-state index in [1.807, 2.05) is 68.5 Å². The molecule has 3 heteroatoms. The summed E-state index contributed by atoms with van der Waals surface area (Å²) in [7, 11) is 0. The lowest BCUT2D eigenvalue weighted by molar-refractivity contribution is 0.142. The molecule has 2 aromatic rings.